The molecule has 5 rings (SSSR count). The second kappa shape index (κ2) is 10.7. The summed E-state index contributed by atoms with van der Waals surface area (Å²) in [6, 6.07) is 12.7. The summed E-state index contributed by atoms with van der Waals surface area (Å²) in [6.07, 6.45) is 3.90. The number of Topliss-reactive ketones (excluding diaryl/α,β-unsaturated/α-hetero) is 1. The van der Waals surface area contributed by atoms with Crippen LogP contribution in [0.5, 0.6) is 0 Å². The molecule has 1 N–H and O–H groups in total. The zero-order chi connectivity index (χ0) is 27.7. The number of carbonyl (C=O) groups is 4. The second-order valence-electron chi connectivity index (χ2n) is 11.1. The number of carbonyl (C=O) groups excluding carboxylic acids is 4. The molecule has 202 valence electrons. The van der Waals surface area contributed by atoms with Gasteiger partial charge in [-0.3, -0.25) is 24.2 Å². The maximum atomic E-state index is 13.9. The lowest BCUT2D eigenvalue weighted by atomic mass is 9.86. The number of ketones is 1. The highest BCUT2D eigenvalue weighted by atomic mass is 32.1. The van der Waals surface area contributed by atoms with Gasteiger partial charge >= 0.3 is 0 Å². The Hall–Kier alpha value is -3.85. The van der Waals surface area contributed by atoms with E-state index in [0.717, 1.165) is 10.4 Å². The Labute approximate surface area is 232 Å². The summed E-state index contributed by atoms with van der Waals surface area (Å²) >= 11 is 1.51. The van der Waals surface area contributed by atoms with Gasteiger partial charge in [-0.05, 0) is 53.1 Å². The minimum absolute atomic E-state index is 0.0426. The van der Waals surface area contributed by atoms with Crippen LogP contribution in [0.25, 0.3) is 0 Å². The lowest BCUT2D eigenvalue weighted by Crippen LogP contribution is -2.53. The number of pyridine rings is 1. The maximum Gasteiger partial charge on any atom is 0.256 e. The highest BCUT2D eigenvalue weighted by Crippen LogP contribution is 2.32. The lowest BCUT2D eigenvalue weighted by Gasteiger charge is -2.28. The van der Waals surface area contributed by atoms with E-state index >= 15 is 0 Å². The lowest BCUT2D eigenvalue weighted by molar-refractivity contribution is -0.138. The molecular formula is C30H32N4O4S. The van der Waals surface area contributed by atoms with Gasteiger partial charge in [0.2, 0.25) is 5.91 Å². The van der Waals surface area contributed by atoms with E-state index in [1.54, 1.807) is 40.3 Å². The monoisotopic (exact) mass is 544 g/mol. The molecule has 0 saturated carbocycles. The summed E-state index contributed by atoms with van der Waals surface area (Å²) in [7, 11) is 0. The smallest absolute Gasteiger partial charge is 0.256 e. The first-order valence-electron chi connectivity index (χ1n) is 13.1. The van der Waals surface area contributed by atoms with Crippen molar-refractivity contribution in [3.05, 3.63) is 87.9 Å². The van der Waals surface area contributed by atoms with Crippen molar-refractivity contribution in [2.24, 2.45) is 0 Å². The average Bonchev–Trinajstić information content (AvgIpc) is 3.67. The standard InChI is InChI=1S/C30H32N4O4S/c1-30(2,3)21-10-8-19(9-11-21)27(36)32-23(16-22-7-5-15-39-22)29(38)33-14-12-24-26(33)25(35)18-34(24)28(37)20-6-4-13-31-17-20/h4-11,13,15,17,23-24,26H,12,14,16,18H2,1-3H3,(H,32,36). The summed E-state index contributed by atoms with van der Waals surface area (Å²) < 4.78 is 0. The van der Waals surface area contributed by atoms with Crippen LogP contribution >= 0.6 is 11.3 Å². The van der Waals surface area contributed by atoms with Gasteiger partial charge in [0.25, 0.3) is 11.8 Å². The molecule has 1 aromatic carbocycles. The van der Waals surface area contributed by atoms with Crippen molar-refractivity contribution in [2.75, 3.05) is 13.1 Å². The molecule has 2 fully saturated rings. The molecule has 9 heteroatoms. The first-order chi connectivity index (χ1) is 18.6. The number of benzene rings is 1. The third-order valence-electron chi connectivity index (χ3n) is 7.48. The summed E-state index contributed by atoms with van der Waals surface area (Å²) in [5.74, 6) is -1.07. The quantitative estimate of drug-likeness (QED) is 0.512. The van der Waals surface area contributed by atoms with E-state index in [4.69, 9.17) is 0 Å². The number of nitrogens with one attached hydrogen (secondary N) is 1. The van der Waals surface area contributed by atoms with Crippen LogP contribution in [-0.4, -0.2) is 69.5 Å². The van der Waals surface area contributed by atoms with Crippen molar-refractivity contribution in [2.45, 2.75) is 57.2 Å². The van der Waals surface area contributed by atoms with Crippen LogP contribution in [0, 0.1) is 0 Å². The third-order valence-corrected chi connectivity index (χ3v) is 8.38. The molecule has 2 aliphatic heterocycles. The van der Waals surface area contributed by atoms with Crippen LogP contribution in [0.4, 0.5) is 0 Å². The van der Waals surface area contributed by atoms with Crippen LogP contribution in [-0.2, 0) is 21.4 Å². The van der Waals surface area contributed by atoms with E-state index < -0.39 is 18.1 Å². The Morgan fingerprint density at radius 1 is 1.05 bits per heavy atom. The zero-order valence-corrected chi connectivity index (χ0v) is 23.1. The van der Waals surface area contributed by atoms with Gasteiger partial charge in [0.15, 0.2) is 5.78 Å². The number of aromatic nitrogens is 1. The van der Waals surface area contributed by atoms with E-state index in [9.17, 15) is 19.2 Å². The molecule has 2 saturated heterocycles. The molecule has 0 bridgehead atoms. The van der Waals surface area contributed by atoms with Crippen molar-refractivity contribution in [3.63, 3.8) is 0 Å². The number of rotatable bonds is 6. The SMILES string of the molecule is CC(C)(C)c1ccc(C(=O)NC(Cc2cccs2)C(=O)N2CCC3C2C(=O)CN3C(=O)c2cccnc2)cc1. The van der Waals surface area contributed by atoms with Crippen LogP contribution in [0.1, 0.15) is 58.3 Å². The van der Waals surface area contributed by atoms with Crippen LogP contribution in [0.3, 0.4) is 0 Å². The van der Waals surface area contributed by atoms with E-state index in [-0.39, 0.29) is 35.5 Å². The van der Waals surface area contributed by atoms with Crippen LogP contribution < -0.4 is 5.32 Å². The van der Waals surface area contributed by atoms with Gasteiger partial charge in [-0.2, -0.15) is 0 Å². The minimum atomic E-state index is -0.840. The summed E-state index contributed by atoms with van der Waals surface area (Å²) in [6.45, 7) is 6.62. The number of nitrogens with zero attached hydrogens (tertiary/aromatic N) is 3. The normalized spacial score (nSPS) is 19.6. The largest absolute Gasteiger partial charge is 0.340 e. The van der Waals surface area contributed by atoms with Gasteiger partial charge in [0.05, 0.1) is 18.2 Å². The van der Waals surface area contributed by atoms with Gasteiger partial charge in [-0.15, -0.1) is 11.3 Å². The van der Waals surface area contributed by atoms with Crippen LogP contribution in [0.15, 0.2) is 66.3 Å². The molecule has 0 aliphatic carbocycles. The van der Waals surface area contributed by atoms with Crippen molar-refractivity contribution >= 4 is 34.8 Å². The molecule has 0 radical (unpaired) electrons. The van der Waals surface area contributed by atoms with Crippen molar-refractivity contribution in [1.29, 1.82) is 0 Å². The first kappa shape index (κ1) is 26.7. The molecule has 3 unspecified atom stereocenters. The van der Waals surface area contributed by atoms with Crippen LogP contribution in [0.2, 0.25) is 0 Å². The number of amides is 3. The second-order valence-corrected chi connectivity index (χ2v) is 12.1. The van der Waals surface area contributed by atoms with Gasteiger partial charge < -0.3 is 15.1 Å². The number of likely N-dealkylation sites (tertiary alicyclic amines) is 2. The molecule has 4 heterocycles. The third kappa shape index (κ3) is 5.49. The fourth-order valence-electron chi connectivity index (χ4n) is 5.39. The van der Waals surface area contributed by atoms with Crippen molar-refractivity contribution in [1.82, 2.24) is 20.1 Å². The predicted octanol–water partition coefficient (Wildman–Crippen LogP) is 3.48. The summed E-state index contributed by atoms with van der Waals surface area (Å²) in [5.41, 5.74) is 1.95. The Bertz CT molecular complexity index is 1370. The summed E-state index contributed by atoms with van der Waals surface area (Å²) in [5, 5.41) is 4.87. The molecular weight excluding hydrogens is 512 g/mol. The van der Waals surface area contributed by atoms with E-state index in [1.165, 1.54) is 17.5 Å². The van der Waals surface area contributed by atoms with Gasteiger partial charge in [-0.25, -0.2) is 0 Å². The predicted molar refractivity (Wildman–Crippen MR) is 149 cm³/mol. The van der Waals surface area contributed by atoms with E-state index in [0.29, 0.717) is 30.5 Å². The minimum Gasteiger partial charge on any atom is -0.340 e. The van der Waals surface area contributed by atoms with Crippen molar-refractivity contribution < 1.29 is 19.2 Å². The fraction of sp³-hybridized carbons (Fsp3) is 0.367. The number of fused-ring (bicyclic) bond motifs is 1. The molecule has 0 spiro atoms. The molecule has 2 aromatic heterocycles. The molecule has 3 amide bonds. The highest BCUT2D eigenvalue weighted by Gasteiger charge is 2.52. The van der Waals surface area contributed by atoms with E-state index in [2.05, 4.69) is 31.1 Å². The zero-order valence-electron chi connectivity index (χ0n) is 22.3. The van der Waals surface area contributed by atoms with Gasteiger partial charge in [0.1, 0.15) is 12.1 Å². The maximum absolute atomic E-state index is 13.9. The fourth-order valence-corrected chi connectivity index (χ4v) is 6.14. The van der Waals surface area contributed by atoms with Crippen molar-refractivity contribution in [3.8, 4) is 0 Å². The highest BCUT2D eigenvalue weighted by molar-refractivity contribution is 7.09. The van der Waals surface area contributed by atoms with Gasteiger partial charge in [-0.1, -0.05) is 39.0 Å². The molecule has 39 heavy (non-hydrogen) atoms. The Balaban J connectivity index is 1.35. The summed E-state index contributed by atoms with van der Waals surface area (Å²) in [4.78, 5) is 61.5. The van der Waals surface area contributed by atoms with Gasteiger partial charge in [0, 0.05) is 35.8 Å². The number of hydrogen-bond donors (Lipinski definition) is 1. The number of hydrogen-bond acceptors (Lipinski definition) is 6. The first-order valence-corrected chi connectivity index (χ1v) is 14.0. The van der Waals surface area contributed by atoms with E-state index in [1.807, 2.05) is 29.6 Å². The Kier molecular flexibility index (Phi) is 7.36. The Morgan fingerprint density at radius 3 is 2.46 bits per heavy atom. The Morgan fingerprint density at radius 2 is 1.82 bits per heavy atom. The molecule has 3 aromatic rings. The topological polar surface area (TPSA) is 99.7 Å². The molecule has 2 aliphatic rings. The number of thiophene rings is 1. The average molecular weight is 545 g/mol. The molecule has 8 nitrogen and oxygen atoms in total. The molecule has 3 atom stereocenters.